The molecule has 1 aromatic rings. The fourth-order valence-electron chi connectivity index (χ4n) is 2.72. The molecule has 0 spiro atoms. The Balaban J connectivity index is 1.98. The van der Waals surface area contributed by atoms with E-state index in [0.717, 1.165) is 12.8 Å². The van der Waals surface area contributed by atoms with Gasteiger partial charge in [0.25, 0.3) is 0 Å². The molecule has 2 N–H and O–H groups in total. The third kappa shape index (κ3) is 3.53. The Morgan fingerprint density at radius 2 is 2.06 bits per heavy atom. The van der Waals surface area contributed by atoms with E-state index in [1.165, 1.54) is 43.4 Å². The van der Waals surface area contributed by atoms with Crippen molar-refractivity contribution in [1.82, 2.24) is 4.98 Å². The number of hydrogen-bond acceptors (Lipinski definition) is 2. The summed E-state index contributed by atoms with van der Waals surface area (Å²) in [5.41, 5.74) is 8.79. The van der Waals surface area contributed by atoms with Gasteiger partial charge in [0.1, 0.15) is 0 Å². The summed E-state index contributed by atoms with van der Waals surface area (Å²) in [6.07, 6.45) is 10.6. The summed E-state index contributed by atoms with van der Waals surface area (Å²) in [6.45, 7) is 2.16. The lowest BCUT2D eigenvalue weighted by atomic mass is 9.90. The first-order valence-corrected chi connectivity index (χ1v) is 6.99. The van der Waals surface area contributed by atoms with Gasteiger partial charge in [-0.15, -0.1) is 0 Å². The molecule has 1 heterocycles. The summed E-state index contributed by atoms with van der Waals surface area (Å²) in [4.78, 5) is 4.55. The van der Waals surface area contributed by atoms with Gasteiger partial charge in [0.15, 0.2) is 0 Å². The van der Waals surface area contributed by atoms with Gasteiger partial charge in [0.2, 0.25) is 0 Å². The minimum atomic E-state index is 0.380. The average Bonchev–Trinajstić information content (AvgIpc) is 2.56. The van der Waals surface area contributed by atoms with E-state index in [1.807, 2.05) is 6.20 Å². The number of nitrogens with zero attached hydrogens (tertiary/aromatic N) is 1. The van der Waals surface area contributed by atoms with Crippen LogP contribution in [-0.2, 0) is 12.8 Å². The van der Waals surface area contributed by atoms with Crippen molar-refractivity contribution in [2.24, 2.45) is 11.7 Å². The van der Waals surface area contributed by atoms with Gasteiger partial charge in [-0.05, 0) is 43.2 Å². The highest BCUT2D eigenvalue weighted by molar-refractivity contribution is 5.14. The Morgan fingerprint density at radius 1 is 1.24 bits per heavy atom. The Morgan fingerprint density at radius 3 is 2.76 bits per heavy atom. The molecule has 2 unspecified atom stereocenters. The molecule has 0 radical (unpaired) electrons. The van der Waals surface area contributed by atoms with Crippen LogP contribution in [0.1, 0.15) is 50.3 Å². The lowest BCUT2D eigenvalue weighted by Crippen LogP contribution is -2.30. The van der Waals surface area contributed by atoms with Crippen molar-refractivity contribution in [2.75, 3.05) is 0 Å². The normalized spacial score (nSPS) is 25.5. The Labute approximate surface area is 105 Å². The molecule has 2 nitrogen and oxygen atoms in total. The molecule has 1 aliphatic carbocycles. The molecule has 2 atom stereocenters. The monoisotopic (exact) mass is 232 g/mol. The zero-order valence-electron chi connectivity index (χ0n) is 10.9. The maximum absolute atomic E-state index is 6.26. The first-order chi connectivity index (χ1) is 8.29. The number of aromatic nitrogens is 1. The zero-order valence-corrected chi connectivity index (χ0v) is 10.9. The van der Waals surface area contributed by atoms with Crippen molar-refractivity contribution in [1.29, 1.82) is 0 Å². The fourth-order valence-corrected chi connectivity index (χ4v) is 2.72. The minimum Gasteiger partial charge on any atom is -0.327 e. The van der Waals surface area contributed by atoms with E-state index in [2.05, 4.69) is 24.0 Å². The van der Waals surface area contributed by atoms with Gasteiger partial charge >= 0.3 is 0 Å². The van der Waals surface area contributed by atoms with Crippen LogP contribution in [0.25, 0.3) is 0 Å². The first kappa shape index (κ1) is 12.6. The third-order valence-corrected chi connectivity index (χ3v) is 3.98. The van der Waals surface area contributed by atoms with Gasteiger partial charge in [0, 0.05) is 17.9 Å². The first-order valence-electron chi connectivity index (χ1n) is 6.99. The molecule has 1 fully saturated rings. The second-order valence-electron chi connectivity index (χ2n) is 5.28. The number of nitrogens with two attached hydrogens (primary N) is 1. The molecule has 1 aliphatic rings. The maximum Gasteiger partial charge on any atom is 0.0407 e. The largest absolute Gasteiger partial charge is 0.327 e. The fraction of sp³-hybridized carbons (Fsp3) is 0.667. The summed E-state index contributed by atoms with van der Waals surface area (Å²) in [5, 5.41) is 0. The van der Waals surface area contributed by atoms with Crippen LogP contribution in [0.4, 0.5) is 0 Å². The van der Waals surface area contributed by atoms with E-state index in [0.29, 0.717) is 12.0 Å². The van der Waals surface area contributed by atoms with Gasteiger partial charge in [-0.1, -0.05) is 32.3 Å². The van der Waals surface area contributed by atoms with Gasteiger partial charge in [-0.3, -0.25) is 4.98 Å². The SMILES string of the molecule is CCc1ccc(CC2CCCCCC2N)nc1. The standard InChI is InChI=1S/C15H24N2/c1-2-12-8-9-14(17-11-12)10-13-6-4-3-5-7-15(13)16/h8-9,11,13,15H,2-7,10,16H2,1H3. The van der Waals surface area contributed by atoms with E-state index in [-0.39, 0.29) is 0 Å². The summed E-state index contributed by atoms with van der Waals surface area (Å²) in [6, 6.07) is 4.76. The molecule has 2 heteroatoms. The molecule has 0 saturated heterocycles. The molecule has 0 bridgehead atoms. The minimum absolute atomic E-state index is 0.380. The topological polar surface area (TPSA) is 38.9 Å². The highest BCUT2D eigenvalue weighted by Crippen LogP contribution is 2.24. The molecule has 17 heavy (non-hydrogen) atoms. The predicted molar refractivity (Wildman–Crippen MR) is 71.9 cm³/mol. The van der Waals surface area contributed by atoms with Gasteiger partial charge < -0.3 is 5.73 Å². The van der Waals surface area contributed by atoms with E-state index in [4.69, 9.17) is 5.73 Å². The van der Waals surface area contributed by atoms with Crippen molar-refractivity contribution in [3.8, 4) is 0 Å². The van der Waals surface area contributed by atoms with Crippen molar-refractivity contribution < 1.29 is 0 Å². The quantitative estimate of drug-likeness (QED) is 0.813. The van der Waals surface area contributed by atoms with Gasteiger partial charge in [-0.25, -0.2) is 0 Å². The third-order valence-electron chi connectivity index (χ3n) is 3.98. The Kier molecular flexibility index (Phi) is 4.55. The summed E-state index contributed by atoms with van der Waals surface area (Å²) >= 11 is 0. The number of hydrogen-bond donors (Lipinski definition) is 1. The average molecular weight is 232 g/mol. The number of rotatable bonds is 3. The Hall–Kier alpha value is -0.890. The number of aryl methyl sites for hydroxylation is 1. The van der Waals surface area contributed by atoms with Gasteiger partial charge in [0.05, 0.1) is 0 Å². The second kappa shape index (κ2) is 6.15. The molecule has 94 valence electrons. The zero-order chi connectivity index (χ0) is 12.1. The molecular weight excluding hydrogens is 208 g/mol. The Bertz CT molecular complexity index is 331. The van der Waals surface area contributed by atoms with Crippen LogP contribution < -0.4 is 5.73 Å². The maximum atomic E-state index is 6.26. The summed E-state index contributed by atoms with van der Waals surface area (Å²) < 4.78 is 0. The van der Waals surface area contributed by atoms with Crippen molar-refractivity contribution in [2.45, 2.75) is 57.9 Å². The van der Waals surface area contributed by atoms with Crippen molar-refractivity contribution in [3.63, 3.8) is 0 Å². The van der Waals surface area contributed by atoms with Crippen LogP contribution in [-0.4, -0.2) is 11.0 Å². The predicted octanol–water partition coefficient (Wildman–Crippen LogP) is 3.09. The van der Waals surface area contributed by atoms with Crippen LogP contribution in [0.2, 0.25) is 0 Å². The molecule has 1 saturated carbocycles. The van der Waals surface area contributed by atoms with Crippen LogP contribution in [0.3, 0.4) is 0 Å². The van der Waals surface area contributed by atoms with Crippen molar-refractivity contribution in [3.05, 3.63) is 29.6 Å². The highest BCUT2D eigenvalue weighted by atomic mass is 14.7. The van der Waals surface area contributed by atoms with E-state index in [1.54, 1.807) is 0 Å². The van der Waals surface area contributed by atoms with Crippen molar-refractivity contribution >= 4 is 0 Å². The number of pyridine rings is 1. The highest BCUT2D eigenvalue weighted by Gasteiger charge is 2.20. The second-order valence-corrected chi connectivity index (χ2v) is 5.28. The molecule has 2 rings (SSSR count). The molecular formula is C15H24N2. The van der Waals surface area contributed by atoms with E-state index >= 15 is 0 Å². The van der Waals surface area contributed by atoms with Crippen LogP contribution in [0.15, 0.2) is 18.3 Å². The smallest absolute Gasteiger partial charge is 0.0407 e. The molecule has 0 aliphatic heterocycles. The molecule has 0 aromatic carbocycles. The van der Waals surface area contributed by atoms with Crippen LogP contribution in [0.5, 0.6) is 0 Å². The van der Waals surface area contributed by atoms with Crippen LogP contribution >= 0.6 is 0 Å². The lowest BCUT2D eigenvalue weighted by molar-refractivity contribution is 0.392. The lowest BCUT2D eigenvalue weighted by Gasteiger charge is -2.20. The molecule has 0 amide bonds. The summed E-state index contributed by atoms with van der Waals surface area (Å²) in [5.74, 6) is 0.637. The summed E-state index contributed by atoms with van der Waals surface area (Å²) in [7, 11) is 0. The molecule has 1 aromatic heterocycles. The van der Waals surface area contributed by atoms with E-state index < -0.39 is 0 Å². The van der Waals surface area contributed by atoms with E-state index in [9.17, 15) is 0 Å². The van der Waals surface area contributed by atoms with Gasteiger partial charge in [-0.2, -0.15) is 0 Å². The van der Waals surface area contributed by atoms with Crippen LogP contribution in [0, 0.1) is 5.92 Å².